The van der Waals surface area contributed by atoms with Crippen LogP contribution in [-0.4, -0.2) is 35.7 Å². The molecule has 0 aromatic heterocycles. The van der Waals surface area contributed by atoms with Gasteiger partial charge in [0.2, 0.25) is 5.91 Å². The number of amides is 1. The summed E-state index contributed by atoms with van der Waals surface area (Å²) in [5.74, 6) is 1.18. The molecule has 0 spiro atoms. The summed E-state index contributed by atoms with van der Waals surface area (Å²) in [7, 11) is 0. The maximum atomic E-state index is 12.4. The maximum Gasteiger partial charge on any atom is 0.232 e. The smallest absolute Gasteiger partial charge is 0.232 e. The number of benzene rings is 1. The van der Waals surface area contributed by atoms with Crippen molar-refractivity contribution in [3.05, 3.63) is 28.2 Å². The van der Waals surface area contributed by atoms with Crippen LogP contribution in [0.3, 0.4) is 0 Å². The minimum absolute atomic E-state index is 0. The molecule has 0 bridgehead atoms. The first-order chi connectivity index (χ1) is 9.97. The average molecular weight is 408 g/mol. The monoisotopic (exact) mass is 406 g/mol. The lowest BCUT2D eigenvalue weighted by molar-refractivity contribution is -0.130. The summed E-state index contributed by atoms with van der Waals surface area (Å²) in [6.07, 6.45) is 2.21. The summed E-state index contributed by atoms with van der Waals surface area (Å²) in [6, 6.07) is 6.34. The van der Waals surface area contributed by atoms with Gasteiger partial charge in [-0.25, -0.2) is 0 Å². The third kappa shape index (κ3) is 5.44. The van der Waals surface area contributed by atoms with Gasteiger partial charge in [-0.05, 0) is 56.4 Å². The van der Waals surface area contributed by atoms with Crippen LogP contribution in [-0.2, 0) is 4.79 Å². The number of carbonyl (C=O) groups is 1. The molecule has 1 heterocycles. The molecule has 1 saturated heterocycles. The molecule has 3 nitrogen and oxygen atoms in total. The Balaban J connectivity index is 0.00000242. The minimum Gasteiger partial charge on any atom is -0.342 e. The Morgan fingerprint density at radius 3 is 2.91 bits per heavy atom. The lowest BCUT2D eigenvalue weighted by Gasteiger charge is -2.34. The molecule has 0 aliphatic carbocycles. The molecule has 2 unspecified atom stereocenters. The van der Waals surface area contributed by atoms with Crippen molar-refractivity contribution >= 4 is 46.0 Å². The minimum atomic E-state index is 0. The molecule has 22 heavy (non-hydrogen) atoms. The Bertz CT molecular complexity index is 513. The Hall–Kier alpha value is -0.230. The first-order valence-corrected chi connectivity index (χ1v) is 9.17. The number of rotatable bonds is 4. The molecule has 1 aromatic carbocycles. The van der Waals surface area contributed by atoms with E-state index >= 15 is 0 Å². The molecular formula is C16H24BrClN2OS. The Labute approximate surface area is 151 Å². The third-order valence-corrected chi connectivity index (χ3v) is 5.70. The molecule has 1 aromatic rings. The van der Waals surface area contributed by atoms with Gasteiger partial charge in [-0.3, -0.25) is 4.79 Å². The van der Waals surface area contributed by atoms with Gasteiger partial charge in [0.25, 0.3) is 0 Å². The predicted molar refractivity (Wildman–Crippen MR) is 99.8 cm³/mol. The van der Waals surface area contributed by atoms with E-state index in [2.05, 4.69) is 35.0 Å². The van der Waals surface area contributed by atoms with Crippen molar-refractivity contribution in [1.29, 1.82) is 0 Å². The standard InChI is InChI=1S/C16H23BrN2OS.ClH/c1-11-8-14(17)5-6-15(11)21-10-16(20)19-7-3-4-13(9-19)12(2)18;/h5-6,8,12-13H,3-4,7,9-10,18H2,1-2H3;1H. The van der Waals surface area contributed by atoms with E-state index in [1.807, 2.05) is 17.9 Å². The topological polar surface area (TPSA) is 46.3 Å². The molecular weight excluding hydrogens is 384 g/mol. The first-order valence-electron chi connectivity index (χ1n) is 7.39. The number of hydrogen-bond donors (Lipinski definition) is 1. The highest BCUT2D eigenvalue weighted by Crippen LogP contribution is 2.26. The van der Waals surface area contributed by atoms with Gasteiger partial charge in [0.15, 0.2) is 0 Å². The Morgan fingerprint density at radius 2 is 2.27 bits per heavy atom. The number of carbonyl (C=O) groups excluding carboxylic acids is 1. The summed E-state index contributed by atoms with van der Waals surface area (Å²) in [5, 5.41) is 0. The largest absolute Gasteiger partial charge is 0.342 e. The Morgan fingerprint density at radius 1 is 1.55 bits per heavy atom. The van der Waals surface area contributed by atoms with Gasteiger partial charge in [-0.15, -0.1) is 24.2 Å². The van der Waals surface area contributed by atoms with E-state index in [-0.39, 0.29) is 24.4 Å². The average Bonchev–Trinajstić information content (AvgIpc) is 2.46. The lowest BCUT2D eigenvalue weighted by atomic mass is 9.92. The van der Waals surface area contributed by atoms with E-state index in [4.69, 9.17) is 5.73 Å². The van der Waals surface area contributed by atoms with Crippen LogP contribution in [0.1, 0.15) is 25.3 Å². The number of aryl methyl sites for hydroxylation is 1. The number of hydrogen-bond acceptors (Lipinski definition) is 3. The number of nitrogens with two attached hydrogens (primary N) is 1. The first kappa shape index (κ1) is 19.8. The Kier molecular flexibility index (Phi) is 8.25. The summed E-state index contributed by atoms with van der Waals surface area (Å²) in [5.41, 5.74) is 7.18. The number of piperidine rings is 1. The highest BCUT2D eigenvalue weighted by atomic mass is 79.9. The van der Waals surface area contributed by atoms with Crippen LogP contribution in [0.25, 0.3) is 0 Å². The van der Waals surface area contributed by atoms with E-state index in [0.717, 1.165) is 30.4 Å². The van der Waals surface area contributed by atoms with E-state index in [1.54, 1.807) is 11.8 Å². The molecule has 1 amide bonds. The highest BCUT2D eigenvalue weighted by molar-refractivity contribution is 9.10. The van der Waals surface area contributed by atoms with Crippen molar-refractivity contribution in [3.63, 3.8) is 0 Å². The second-order valence-corrected chi connectivity index (χ2v) is 7.73. The van der Waals surface area contributed by atoms with Gasteiger partial charge in [-0.2, -0.15) is 0 Å². The van der Waals surface area contributed by atoms with Crippen LogP contribution in [0.4, 0.5) is 0 Å². The zero-order valence-corrected chi connectivity index (χ0v) is 16.3. The van der Waals surface area contributed by atoms with Gasteiger partial charge >= 0.3 is 0 Å². The summed E-state index contributed by atoms with van der Waals surface area (Å²) in [4.78, 5) is 15.5. The van der Waals surface area contributed by atoms with Crippen LogP contribution in [0.2, 0.25) is 0 Å². The van der Waals surface area contributed by atoms with E-state index < -0.39 is 0 Å². The fourth-order valence-corrected chi connectivity index (χ4v) is 4.06. The van der Waals surface area contributed by atoms with Gasteiger partial charge in [0.05, 0.1) is 5.75 Å². The summed E-state index contributed by atoms with van der Waals surface area (Å²) in [6.45, 7) is 5.81. The summed E-state index contributed by atoms with van der Waals surface area (Å²) >= 11 is 5.09. The van der Waals surface area contributed by atoms with Crippen molar-refractivity contribution in [2.45, 2.75) is 37.6 Å². The van der Waals surface area contributed by atoms with E-state index in [0.29, 0.717) is 11.7 Å². The fourth-order valence-electron chi connectivity index (χ4n) is 2.67. The summed E-state index contributed by atoms with van der Waals surface area (Å²) < 4.78 is 1.08. The highest BCUT2D eigenvalue weighted by Gasteiger charge is 2.25. The van der Waals surface area contributed by atoms with E-state index in [1.165, 1.54) is 10.5 Å². The lowest BCUT2D eigenvalue weighted by Crippen LogP contribution is -2.45. The molecule has 6 heteroatoms. The molecule has 0 saturated carbocycles. The van der Waals surface area contributed by atoms with Crippen molar-refractivity contribution in [1.82, 2.24) is 4.90 Å². The van der Waals surface area contributed by atoms with Crippen LogP contribution >= 0.6 is 40.1 Å². The van der Waals surface area contributed by atoms with Crippen LogP contribution in [0.15, 0.2) is 27.6 Å². The number of thioether (sulfide) groups is 1. The SMILES string of the molecule is Cc1cc(Br)ccc1SCC(=O)N1CCCC(C(C)N)C1.Cl. The number of nitrogens with zero attached hydrogens (tertiary/aromatic N) is 1. The molecule has 2 N–H and O–H groups in total. The van der Waals surface area contributed by atoms with Crippen LogP contribution < -0.4 is 5.73 Å². The molecule has 1 aliphatic rings. The molecule has 0 radical (unpaired) electrons. The number of likely N-dealkylation sites (tertiary alicyclic amines) is 1. The molecule has 2 atom stereocenters. The number of halogens is 2. The van der Waals surface area contributed by atoms with Gasteiger partial charge in [0, 0.05) is 28.5 Å². The second kappa shape index (κ2) is 9.16. The normalized spacial score (nSPS) is 19.5. The molecule has 1 aliphatic heterocycles. The zero-order valence-electron chi connectivity index (χ0n) is 13.0. The van der Waals surface area contributed by atoms with Crippen molar-refractivity contribution in [2.75, 3.05) is 18.8 Å². The predicted octanol–water partition coefficient (Wildman–Crippen LogP) is 3.86. The zero-order chi connectivity index (χ0) is 15.4. The molecule has 124 valence electrons. The van der Waals surface area contributed by atoms with Crippen molar-refractivity contribution in [3.8, 4) is 0 Å². The third-order valence-electron chi connectivity index (χ3n) is 4.04. The van der Waals surface area contributed by atoms with Gasteiger partial charge in [-0.1, -0.05) is 15.9 Å². The molecule has 1 fully saturated rings. The maximum absolute atomic E-state index is 12.4. The van der Waals surface area contributed by atoms with Crippen LogP contribution in [0.5, 0.6) is 0 Å². The van der Waals surface area contributed by atoms with Crippen molar-refractivity contribution < 1.29 is 4.79 Å². The van der Waals surface area contributed by atoms with Crippen LogP contribution in [0, 0.1) is 12.8 Å². The van der Waals surface area contributed by atoms with Crippen molar-refractivity contribution in [2.24, 2.45) is 11.7 Å². The quantitative estimate of drug-likeness (QED) is 0.771. The molecule has 2 rings (SSSR count). The fraction of sp³-hybridized carbons (Fsp3) is 0.562. The van der Waals surface area contributed by atoms with Gasteiger partial charge in [0.1, 0.15) is 0 Å². The van der Waals surface area contributed by atoms with Gasteiger partial charge < -0.3 is 10.6 Å². The second-order valence-electron chi connectivity index (χ2n) is 5.80. The van der Waals surface area contributed by atoms with E-state index in [9.17, 15) is 4.79 Å².